The van der Waals surface area contributed by atoms with Gasteiger partial charge < -0.3 is 5.32 Å². The number of anilines is 1. The Balaban J connectivity index is 1.77. The Kier molecular flexibility index (Phi) is 7.34. The van der Waals surface area contributed by atoms with Gasteiger partial charge in [0.1, 0.15) is 11.2 Å². The van der Waals surface area contributed by atoms with Crippen molar-refractivity contribution in [1.82, 2.24) is 15.1 Å². The van der Waals surface area contributed by atoms with Crippen molar-refractivity contribution >= 4 is 17.5 Å². The zero-order valence-electron chi connectivity index (χ0n) is 22.3. The van der Waals surface area contributed by atoms with E-state index < -0.39 is 5.54 Å². The maximum absolute atomic E-state index is 14.1. The molecule has 4 rings (SSSR count). The molecule has 190 valence electrons. The summed E-state index contributed by atoms with van der Waals surface area (Å²) in [4.78, 5) is 29.4. The van der Waals surface area contributed by atoms with Crippen LogP contribution in [-0.4, -0.2) is 33.7 Å². The van der Waals surface area contributed by atoms with Gasteiger partial charge >= 0.3 is 0 Å². The van der Waals surface area contributed by atoms with Gasteiger partial charge in [0, 0.05) is 17.8 Å². The van der Waals surface area contributed by atoms with Crippen molar-refractivity contribution in [2.45, 2.75) is 72.4 Å². The van der Waals surface area contributed by atoms with Crippen LogP contribution in [0.25, 0.3) is 11.3 Å². The van der Waals surface area contributed by atoms with Gasteiger partial charge in [0.05, 0.1) is 12.2 Å². The number of nitrogens with one attached hydrogen (secondary N) is 1. The summed E-state index contributed by atoms with van der Waals surface area (Å²) in [6.45, 7) is 13.4. The van der Waals surface area contributed by atoms with Gasteiger partial charge in [0.15, 0.2) is 0 Å². The molecule has 1 aliphatic rings. The molecule has 1 aromatic heterocycles. The van der Waals surface area contributed by atoms with Gasteiger partial charge in [-0.3, -0.25) is 19.2 Å². The van der Waals surface area contributed by atoms with Crippen LogP contribution in [0.1, 0.15) is 75.5 Å². The molecule has 0 radical (unpaired) electrons. The highest BCUT2D eigenvalue weighted by atomic mass is 16.2. The van der Waals surface area contributed by atoms with Crippen LogP contribution in [0.4, 0.5) is 5.69 Å². The van der Waals surface area contributed by atoms with Gasteiger partial charge in [-0.05, 0) is 54.9 Å². The maximum atomic E-state index is 14.1. The molecule has 1 atom stereocenters. The van der Waals surface area contributed by atoms with E-state index >= 15 is 0 Å². The van der Waals surface area contributed by atoms with Crippen molar-refractivity contribution in [1.29, 1.82) is 0 Å². The number of carbonyl (C=O) groups excluding carboxylic acids is 2. The number of carbonyl (C=O) groups is 2. The van der Waals surface area contributed by atoms with Crippen molar-refractivity contribution in [3.63, 3.8) is 0 Å². The lowest BCUT2D eigenvalue weighted by Gasteiger charge is -2.43. The quantitative estimate of drug-likeness (QED) is 0.436. The van der Waals surface area contributed by atoms with Crippen molar-refractivity contribution in [3.05, 3.63) is 71.4 Å². The highest BCUT2D eigenvalue weighted by molar-refractivity contribution is 6.12. The predicted octanol–water partition coefficient (Wildman–Crippen LogP) is 5.82. The minimum atomic E-state index is -1.11. The first-order valence-corrected chi connectivity index (χ1v) is 13.0. The number of benzene rings is 2. The summed E-state index contributed by atoms with van der Waals surface area (Å²) in [6, 6.07) is 18.0. The molecule has 1 N–H and O–H groups in total. The average Bonchev–Trinajstić information content (AvgIpc) is 3.28. The zero-order chi connectivity index (χ0) is 26.0. The van der Waals surface area contributed by atoms with Crippen LogP contribution >= 0.6 is 0 Å². The van der Waals surface area contributed by atoms with Crippen LogP contribution in [-0.2, 0) is 17.8 Å². The number of aromatic nitrogens is 2. The number of para-hydroxylation sites is 1. The van der Waals surface area contributed by atoms with Crippen molar-refractivity contribution in [3.8, 4) is 11.3 Å². The second-order valence-corrected chi connectivity index (χ2v) is 10.7. The van der Waals surface area contributed by atoms with Crippen LogP contribution in [0.15, 0.2) is 54.6 Å². The number of fused-ring (bicyclic) bond motifs is 1. The fourth-order valence-corrected chi connectivity index (χ4v) is 4.83. The first kappa shape index (κ1) is 25.7. The summed E-state index contributed by atoms with van der Waals surface area (Å²) in [6.07, 6.45) is 1.64. The van der Waals surface area contributed by atoms with Crippen LogP contribution in [0.2, 0.25) is 0 Å². The Morgan fingerprint density at radius 1 is 1.08 bits per heavy atom. The minimum absolute atomic E-state index is 0.161. The standard InChI is InChI=1S/C30H38N4O2/c1-7-22-10-8-9-11-26(22)34-28(35)27-18-25(24-14-12-23(13-15-24)21(4)5)32-33(27)19-30(34,6)29(36)31-17-16-20(2)3/h8-15,18,20-21H,7,16-17,19H2,1-6H3,(H,31,36)/t30-/m1/s1. The molecule has 2 heterocycles. The van der Waals surface area contributed by atoms with E-state index in [0.717, 1.165) is 35.3 Å². The molecule has 2 aromatic carbocycles. The molecule has 36 heavy (non-hydrogen) atoms. The molecule has 0 aliphatic carbocycles. The molecule has 0 fully saturated rings. The molecule has 6 nitrogen and oxygen atoms in total. The van der Waals surface area contributed by atoms with Gasteiger partial charge in [-0.2, -0.15) is 5.10 Å². The third-order valence-electron chi connectivity index (χ3n) is 7.14. The number of hydrogen-bond donors (Lipinski definition) is 1. The lowest BCUT2D eigenvalue weighted by Crippen LogP contribution is -2.64. The van der Waals surface area contributed by atoms with Crippen LogP contribution in [0.5, 0.6) is 0 Å². The highest BCUT2D eigenvalue weighted by Gasteiger charge is 2.49. The number of amides is 2. The van der Waals surface area contributed by atoms with Crippen LogP contribution < -0.4 is 10.2 Å². The molecular weight excluding hydrogens is 448 g/mol. The third kappa shape index (κ3) is 4.81. The fourth-order valence-electron chi connectivity index (χ4n) is 4.83. The van der Waals surface area contributed by atoms with Crippen LogP contribution in [0, 0.1) is 5.92 Å². The number of aryl methyl sites for hydroxylation is 1. The Labute approximate surface area is 214 Å². The fraction of sp³-hybridized carbons (Fsp3) is 0.433. The van der Waals surface area contributed by atoms with E-state index in [1.54, 1.807) is 9.58 Å². The molecule has 0 saturated heterocycles. The molecular formula is C30H38N4O2. The molecule has 0 bridgehead atoms. The van der Waals surface area contributed by atoms with Gasteiger partial charge in [0.2, 0.25) is 5.91 Å². The lowest BCUT2D eigenvalue weighted by molar-refractivity contribution is -0.126. The summed E-state index contributed by atoms with van der Waals surface area (Å²) < 4.78 is 1.71. The summed E-state index contributed by atoms with van der Waals surface area (Å²) in [5.41, 5.74) is 4.14. The Bertz CT molecular complexity index is 1240. The monoisotopic (exact) mass is 486 g/mol. The largest absolute Gasteiger partial charge is 0.354 e. The highest BCUT2D eigenvalue weighted by Crippen LogP contribution is 2.36. The summed E-state index contributed by atoms with van der Waals surface area (Å²) >= 11 is 0. The third-order valence-corrected chi connectivity index (χ3v) is 7.14. The SMILES string of the molecule is CCc1ccccc1N1C(=O)c2cc(-c3ccc(C(C)C)cc3)nn2C[C@]1(C)C(=O)NCCC(C)C. The normalized spacial score (nSPS) is 17.6. The predicted molar refractivity (Wildman–Crippen MR) is 145 cm³/mol. The Hall–Kier alpha value is -3.41. The second-order valence-electron chi connectivity index (χ2n) is 10.7. The number of nitrogens with zero attached hydrogens (tertiary/aromatic N) is 3. The van der Waals surface area contributed by atoms with Crippen LogP contribution in [0.3, 0.4) is 0 Å². The van der Waals surface area contributed by atoms with E-state index in [9.17, 15) is 9.59 Å². The first-order valence-electron chi connectivity index (χ1n) is 13.0. The lowest BCUT2D eigenvalue weighted by atomic mass is 9.92. The zero-order valence-corrected chi connectivity index (χ0v) is 22.3. The van der Waals surface area contributed by atoms with Gasteiger partial charge in [-0.1, -0.05) is 77.1 Å². The van der Waals surface area contributed by atoms with Crippen molar-refractivity contribution < 1.29 is 9.59 Å². The van der Waals surface area contributed by atoms with E-state index in [1.165, 1.54) is 5.56 Å². The molecule has 6 heteroatoms. The first-order chi connectivity index (χ1) is 17.2. The van der Waals surface area contributed by atoms with Crippen molar-refractivity contribution in [2.24, 2.45) is 5.92 Å². The maximum Gasteiger partial charge on any atom is 0.277 e. The molecule has 0 unspecified atom stereocenters. The average molecular weight is 487 g/mol. The molecule has 0 spiro atoms. The van der Waals surface area contributed by atoms with E-state index in [1.807, 2.05) is 37.3 Å². The molecule has 3 aromatic rings. The molecule has 0 saturated carbocycles. The number of rotatable bonds is 8. The van der Waals surface area contributed by atoms with Gasteiger partial charge in [-0.25, -0.2) is 0 Å². The van der Waals surface area contributed by atoms with E-state index in [0.29, 0.717) is 24.1 Å². The van der Waals surface area contributed by atoms with E-state index in [4.69, 9.17) is 5.10 Å². The van der Waals surface area contributed by atoms with Crippen molar-refractivity contribution in [2.75, 3.05) is 11.4 Å². The summed E-state index contributed by atoms with van der Waals surface area (Å²) in [5.74, 6) is 0.552. The summed E-state index contributed by atoms with van der Waals surface area (Å²) in [5, 5.41) is 7.89. The summed E-state index contributed by atoms with van der Waals surface area (Å²) in [7, 11) is 0. The minimum Gasteiger partial charge on any atom is -0.354 e. The molecule has 2 amide bonds. The van der Waals surface area contributed by atoms with Gasteiger partial charge in [-0.15, -0.1) is 0 Å². The second kappa shape index (κ2) is 10.3. The smallest absolute Gasteiger partial charge is 0.277 e. The van der Waals surface area contributed by atoms with E-state index in [2.05, 4.69) is 64.2 Å². The topological polar surface area (TPSA) is 67.2 Å². The van der Waals surface area contributed by atoms with E-state index in [-0.39, 0.29) is 18.4 Å². The van der Waals surface area contributed by atoms with Gasteiger partial charge in [0.25, 0.3) is 5.91 Å². The molecule has 1 aliphatic heterocycles. The Morgan fingerprint density at radius 2 is 1.78 bits per heavy atom. The number of hydrogen-bond acceptors (Lipinski definition) is 3. The Morgan fingerprint density at radius 3 is 2.42 bits per heavy atom.